The number of methoxy groups -OCH3 is 1. The van der Waals surface area contributed by atoms with Crippen molar-refractivity contribution in [1.82, 2.24) is 4.90 Å². The van der Waals surface area contributed by atoms with Gasteiger partial charge < -0.3 is 84.8 Å². The first kappa shape index (κ1) is 60.0. The maximum atomic E-state index is 14.1. The second-order valence-electron chi connectivity index (χ2n) is 18.9. The lowest BCUT2D eigenvalue weighted by molar-refractivity contribution is -0.318. The van der Waals surface area contributed by atoms with Gasteiger partial charge in [-0.25, -0.2) is 4.79 Å². The average Bonchev–Trinajstić information content (AvgIpc) is 3.18. The maximum Gasteiger partial charge on any atom is 0.336 e. The van der Waals surface area contributed by atoms with E-state index in [2.05, 4.69) is 0 Å². The van der Waals surface area contributed by atoms with Crippen LogP contribution in [0, 0.1) is 23.7 Å². The van der Waals surface area contributed by atoms with E-state index in [9.17, 15) is 49.5 Å². The molecule has 3 saturated heterocycles. The highest BCUT2D eigenvalue weighted by molar-refractivity contribution is 5.88. The largest absolute Gasteiger partial charge is 0.481 e. The van der Waals surface area contributed by atoms with Crippen LogP contribution in [0.4, 0.5) is 0 Å². The number of carboxylic acid groups (broad SMARTS) is 3. The number of hydrogen-bond donors (Lipinski definition) is 9. The molecule has 3 rings (SSSR count). The van der Waals surface area contributed by atoms with Crippen LogP contribution in [-0.2, 0) is 52.4 Å². The quantitative estimate of drug-likeness (QED) is 0.114. The molecule has 0 bridgehead atoms. The van der Waals surface area contributed by atoms with E-state index >= 15 is 0 Å². The zero-order chi connectivity index (χ0) is 49.6. The third-order valence-electron chi connectivity index (χ3n) is 13.1. The monoisotopic (exact) mass is 943 g/mol. The summed E-state index contributed by atoms with van der Waals surface area (Å²) < 4.78 is 37.1. The van der Waals surface area contributed by atoms with Gasteiger partial charge in [0.1, 0.15) is 29.7 Å². The number of aliphatic carboxylic acids is 3. The molecular formula is C43H77NO21. The molecule has 3 aliphatic rings. The number of carboxylic acids is 3. The van der Waals surface area contributed by atoms with Gasteiger partial charge in [-0.3, -0.25) is 19.2 Å². The second-order valence-corrected chi connectivity index (χ2v) is 18.9. The molecule has 0 radical (unpaired) electrons. The molecule has 380 valence electrons. The second kappa shape index (κ2) is 23.8. The van der Waals surface area contributed by atoms with E-state index in [1.807, 2.05) is 25.9 Å². The van der Waals surface area contributed by atoms with Crippen molar-refractivity contribution in [3.05, 3.63) is 0 Å². The highest BCUT2D eigenvalue weighted by Crippen LogP contribution is 2.41. The SMILES string of the molecule is CC[C@H]1OC(=O)[C@H](C)[C@@H](O[C@H]2C[C@@](C)(OC)[C@@H](O)[C@H](C)O2)[C@H](C)[C@@H](O[C@@H]2O[C@H](C)C[C@H](N(C)C)[C@H]2O)[C@](C)(O)C[C@@H](C)C(=O)[C@H](C)[C@@H](O)[C@]1(C)O.O.O=C(O)CC(O)(CC(=O)O)C(=O)O. The summed E-state index contributed by atoms with van der Waals surface area (Å²) >= 11 is 0. The summed E-state index contributed by atoms with van der Waals surface area (Å²) in [5, 5.41) is 91.4. The van der Waals surface area contributed by atoms with Crippen molar-refractivity contribution in [2.45, 2.75) is 198 Å². The Morgan fingerprint density at radius 3 is 1.85 bits per heavy atom. The van der Waals surface area contributed by atoms with Crippen LogP contribution >= 0.6 is 0 Å². The highest BCUT2D eigenvalue weighted by Gasteiger charge is 2.53. The Morgan fingerprint density at radius 1 is 0.846 bits per heavy atom. The molecule has 18 atom stereocenters. The molecule has 22 nitrogen and oxygen atoms in total. The fourth-order valence-corrected chi connectivity index (χ4v) is 9.12. The molecule has 0 aromatic heterocycles. The average molecular weight is 944 g/mol. The lowest BCUT2D eigenvalue weighted by atomic mass is 9.74. The zero-order valence-corrected chi connectivity index (χ0v) is 39.9. The molecule has 65 heavy (non-hydrogen) atoms. The fraction of sp³-hybridized carbons (Fsp3) is 0.884. The molecule has 0 aromatic carbocycles. The molecule has 0 aromatic rings. The van der Waals surface area contributed by atoms with Crippen LogP contribution in [0.1, 0.15) is 108 Å². The van der Waals surface area contributed by atoms with Crippen LogP contribution in [0.25, 0.3) is 0 Å². The van der Waals surface area contributed by atoms with Crippen molar-refractivity contribution < 1.29 is 104 Å². The molecule has 3 fully saturated rings. The van der Waals surface area contributed by atoms with E-state index in [0.717, 1.165) is 0 Å². The maximum absolute atomic E-state index is 14.1. The van der Waals surface area contributed by atoms with E-state index < -0.39 is 144 Å². The number of carbonyl (C=O) groups is 5. The van der Waals surface area contributed by atoms with Gasteiger partial charge in [-0.15, -0.1) is 0 Å². The Balaban J connectivity index is 0.00000131. The minimum absolute atomic E-state index is 0. The summed E-state index contributed by atoms with van der Waals surface area (Å²) in [4.78, 5) is 60.2. The van der Waals surface area contributed by atoms with Gasteiger partial charge in [0.05, 0.1) is 60.5 Å². The minimum atomic E-state index is -2.74. The summed E-state index contributed by atoms with van der Waals surface area (Å²) in [7, 11) is 5.18. The molecule has 0 spiro atoms. The number of rotatable bonds is 12. The first-order valence-electron chi connectivity index (χ1n) is 21.7. The fourth-order valence-electron chi connectivity index (χ4n) is 9.12. The number of hydrogen-bond acceptors (Lipinski definition) is 18. The molecule has 0 unspecified atom stereocenters. The summed E-state index contributed by atoms with van der Waals surface area (Å²) in [6, 6.07) is -0.324. The number of ether oxygens (including phenoxy) is 6. The number of ketones is 1. The van der Waals surface area contributed by atoms with Gasteiger partial charge in [0, 0.05) is 37.3 Å². The molecule has 0 saturated carbocycles. The summed E-state index contributed by atoms with van der Waals surface area (Å²) in [6.45, 7) is 16.3. The van der Waals surface area contributed by atoms with E-state index in [1.165, 1.54) is 27.9 Å². The van der Waals surface area contributed by atoms with Crippen LogP contribution in [0.3, 0.4) is 0 Å². The van der Waals surface area contributed by atoms with Gasteiger partial charge in [0.2, 0.25) is 0 Å². The van der Waals surface area contributed by atoms with Crippen molar-refractivity contribution in [2.75, 3.05) is 21.2 Å². The number of esters is 1. The Labute approximate surface area is 380 Å². The van der Waals surface area contributed by atoms with E-state index in [-0.39, 0.29) is 36.9 Å². The van der Waals surface area contributed by atoms with Gasteiger partial charge in [-0.05, 0) is 74.9 Å². The van der Waals surface area contributed by atoms with Crippen molar-refractivity contribution in [3.63, 3.8) is 0 Å². The summed E-state index contributed by atoms with van der Waals surface area (Å²) in [6.07, 6.45) is -12.0. The summed E-state index contributed by atoms with van der Waals surface area (Å²) in [5.41, 5.74) is -7.58. The van der Waals surface area contributed by atoms with Crippen LogP contribution in [0.15, 0.2) is 0 Å². The number of nitrogens with zero attached hydrogens (tertiary/aromatic N) is 1. The Hall–Kier alpha value is -2.97. The van der Waals surface area contributed by atoms with Gasteiger partial charge in [0.15, 0.2) is 18.2 Å². The van der Waals surface area contributed by atoms with Gasteiger partial charge in [-0.1, -0.05) is 27.7 Å². The normalized spacial score (nSPS) is 41.2. The summed E-state index contributed by atoms with van der Waals surface area (Å²) in [5.74, 6) is -10.00. The van der Waals surface area contributed by atoms with Crippen molar-refractivity contribution >= 4 is 29.7 Å². The molecule has 11 N–H and O–H groups in total. The van der Waals surface area contributed by atoms with Gasteiger partial charge in [0.25, 0.3) is 0 Å². The lowest BCUT2D eigenvalue weighted by Crippen LogP contribution is -2.61. The van der Waals surface area contributed by atoms with Gasteiger partial charge >= 0.3 is 23.9 Å². The standard InChI is InChI=1S/C37H67NO13.C6H8O7.H2O/c1-14-25-37(10,45)30(41)20(4)27(39)18(2)16-35(8,44)32(51-34-28(40)24(38(11)12)15-19(3)47-34)21(5)29(22(6)33(43)49-25)50-26-17-36(9,46-13)31(42)23(7)48-26;7-3(8)1-6(13,5(11)12)2-4(9)10;/h18-26,28-32,34,40-42,44-45H,14-17H2,1-13H3;13H,1-2H2,(H,7,8)(H,9,10)(H,11,12);1H2/t18-,19-,20+,21+,22-,23+,24+,25-,26+,28-,29+,30-,31+,32-,34+,35-,36-,37-;;/m1../s1. The van der Waals surface area contributed by atoms with E-state index in [4.69, 9.17) is 48.8 Å². The molecular weight excluding hydrogens is 866 g/mol. The molecule has 3 aliphatic heterocycles. The molecule has 3 heterocycles. The molecule has 22 heteroatoms. The van der Waals surface area contributed by atoms with Crippen LogP contribution in [0.5, 0.6) is 0 Å². The first-order chi connectivity index (χ1) is 29.2. The number of likely N-dealkylation sites (N-methyl/N-ethyl adjacent to an activating group) is 1. The van der Waals surface area contributed by atoms with E-state index in [0.29, 0.717) is 6.42 Å². The number of aliphatic hydroxyl groups excluding tert-OH is 3. The number of carbonyl (C=O) groups excluding carboxylic acids is 2. The number of cyclic esters (lactones) is 1. The molecule has 0 aliphatic carbocycles. The topological polar surface area (TPSA) is 358 Å². The van der Waals surface area contributed by atoms with Crippen LogP contribution in [-0.4, -0.2) is 197 Å². The lowest BCUT2D eigenvalue weighted by Gasteiger charge is -2.49. The zero-order valence-electron chi connectivity index (χ0n) is 39.9. The first-order valence-corrected chi connectivity index (χ1v) is 21.7. The Kier molecular flexibility index (Phi) is 22.0. The predicted molar refractivity (Wildman–Crippen MR) is 227 cm³/mol. The number of aliphatic hydroxyl groups is 6. The third kappa shape index (κ3) is 14.8. The van der Waals surface area contributed by atoms with Crippen molar-refractivity contribution in [2.24, 2.45) is 23.7 Å². The number of Topliss-reactive ketones (excluding diaryl/α,β-unsaturated/α-hetero) is 1. The van der Waals surface area contributed by atoms with Crippen LogP contribution < -0.4 is 0 Å². The smallest absolute Gasteiger partial charge is 0.336 e. The van der Waals surface area contributed by atoms with Crippen molar-refractivity contribution in [1.29, 1.82) is 0 Å². The third-order valence-corrected chi connectivity index (χ3v) is 13.1. The Bertz CT molecular complexity index is 1580. The minimum Gasteiger partial charge on any atom is -0.481 e. The highest BCUT2D eigenvalue weighted by atomic mass is 16.7. The molecule has 0 amide bonds. The van der Waals surface area contributed by atoms with E-state index in [1.54, 1.807) is 41.5 Å². The predicted octanol–water partition coefficient (Wildman–Crippen LogP) is -0.288. The van der Waals surface area contributed by atoms with Gasteiger partial charge in [-0.2, -0.15) is 0 Å². The Morgan fingerprint density at radius 2 is 1.38 bits per heavy atom. The van der Waals surface area contributed by atoms with Crippen molar-refractivity contribution in [3.8, 4) is 0 Å². The van der Waals surface area contributed by atoms with Crippen LogP contribution in [0.2, 0.25) is 0 Å².